The Morgan fingerprint density at radius 1 is 1.17 bits per heavy atom. The standard InChI is InChI=1S/C14H16BrN3/c1-14(2,10-7-5-4-6-8-10)13-17-9-11(15)12(16-3)18-13/h4-9H,1-3H3,(H,16,17,18). The summed E-state index contributed by atoms with van der Waals surface area (Å²) in [5, 5.41) is 3.06. The second-order valence-corrected chi connectivity index (χ2v) is 5.49. The Morgan fingerprint density at radius 2 is 1.83 bits per heavy atom. The van der Waals surface area contributed by atoms with E-state index in [-0.39, 0.29) is 5.41 Å². The van der Waals surface area contributed by atoms with Crippen LogP contribution in [-0.4, -0.2) is 17.0 Å². The third-order valence-corrected chi connectivity index (χ3v) is 3.62. The van der Waals surface area contributed by atoms with E-state index in [4.69, 9.17) is 0 Å². The zero-order valence-corrected chi connectivity index (χ0v) is 12.3. The highest BCUT2D eigenvalue weighted by molar-refractivity contribution is 9.10. The molecule has 0 amide bonds. The normalized spacial score (nSPS) is 11.3. The highest BCUT2D eigenvalue weighted by Crippen LogP contribution is 2.30. The van der Waals surface area contributed by atoms with Crippen molar-refractivity contribution in [3.05, 3.63) is 52.4 Å². The maximum absolute atomic E-state index is 4.57. The fourth-order valence-corrected chi connectivity index (χ4v) is 2.22. The molecular weight excluding hydrogens is 290 g/mol. The summed E-state index contributed by atoms with van der Waals surface area (Å²) in [7, 11) is 1.85. The fraction of sp³-hybridized carbons (Fsp3) is 0.286. The molecule has 94 valence electrons. The Kier molecular flexibility index (Phi) is 3.66. The number of hydrogen-bond acceptors (Lipinski definition) is 3. The number of rotatable bonds is 3. The van der Waals surface area contributed by atoms with Crippen LogP contribution in [0.15, 0.2) is 41.0 Å². The number of nitrogens with one attached hydrogen (secondary N) is 1. The van der Waals surface area contributed by atoms with Crippen molar-refractivity contribution in [2.24, 2.45) is 0 Å². The van der Waals surface area contributed by atoms with Gasteiger partial charge in [0.15, 0.2) is 0 Å². The first-order chi connectivity index (χ1) is 8.55. The topological polar surface area (TPSA) is 37.8 Å². The molecule has 2 rings (SSSR count). The van der Waals surface area contributed by atoms with Crippen LogP contribution < -0.4 is 5.32 Å². The molecule has 0 saturated carbocycles. The average Bonchev–Trinajstić information content (AvgIpc) is 2.40. The Hall–Kier alpha value is -1.42. The molecule has 0 fully saturated rings. The molecule has 2 aromatic rings. The lowest BCUT2D eigenvalue weighted by Gasteiger charge is -2.24. The van der Waals surface area contributed by atoms with Crippen molar-refractivity contribution in [3.63, 3.8) is 0 Å². The van der Waals surface area contributed by atoms with E-state index in [9.17, 15) is 0 Å². The van der Waals surface area contributed by atoms with Gasteiger partial charge in [0.25, 0.3) is 0 Å². The minimum Gasteiger partial charge on any atom is -0.372 e. The van der Waals surface area contributed by atoms with Crippen LogP contribution >= 0.6 is 15.9 Å². The Bertz CT molecular complexity index is 538. The highest BCUT2D eigenvalue weighted by atomic mass is 79.9. The molecule has 0 aliphatic rings. The number of hydrogen-bond donors (Lipinski definition) is 1. The summed E-state index contributed by atoms with van der Waals surface area (Å²) in [4.78, 5) is 9.01. The Balaban J connectivity index is 2.47. The number of halogens is 1. The zero-order chi connectivity index (χ0) is 13.2. The van der Waals surface area contributed by atoms with Crippen molar-refractivity contribution in [1.29, 1.82) is 0 Å². The van der Waals surface area contributed by atoms with Gasteiger partial charge in [-0.2, -0.15) is 0 Å². The summed E-state index contributed by atoms with van der Waals surface area (Å²) in [5.74, 6) is 1.62. The van der Waals surface area contributed by atoms with Crippen LogP contribution in [-0.2, 0) is 5.41 Å². The van der Waals surface area contributed by atoms with Gasteiger partial charge in [0, 0.05) is 18.7 Å². The molecule has 1 aromatic heterocycles. The first-order valence-corrected chi connectivity index (χ1v) is 6.61. The maximum atomic E-state index is 4.57. The van der Waals surface area contributed by atoms with Crippen molar-refractivity contribution in [2.75, 3.05) is 12.4 Å². The zero-order valence-electron chi connectivity index (χ0n) is 10.7. The minimum absolute atomic E-state index is 0.215. The first kappa shape index (κ1) is 13.0. The van der Waals surface area contributed by atoms with Gasteiger partial charge in [-0.05, 0) is 35.3 Å². The van der Waals surface area contributed by atoms with Crippen LogP contribution in [0.2, 0.25) is 0 Å². The molecule has 0 aliphatic heterocycles. The Morgan fingerprint density at radius 3 is 2.44 bits per heavy atom. The van der Waals surface area contributed by atoms with E-state index in [0.717, 1.165) is 16.1 Å². The molecule has 0 aliphatic carbocycles. The van der Waals surface area contributed by atoms with Crippen LogP contribution in [0.4, 0.5) is 5.82 Å². The summed E-state index contributed by atoms with van der Waals surface area (Å²) in [6, 6.07) is 10.3. The summed E-state index contributed by atoms with van der Waals surface area (Å²) in [5.41, 5.74) is 0.988. The number of benzene rings is 1. The lowest BCUT2D eigenvalue weighted by Crippen LogP contribution is -2.22. The molecule has 0 radical (unpaired) electrons. The van der Waals surface area contributed by atoms with E-state index in [1.54, 1.807) is 6.20 Å². The Labute approximate surface area is 116 Å². The molecule has 4 heteroatoms. The van der Waals surface area contributed by atoms with Gasteiger partial charge in [-0.3, -0.25) is 0 Å². The van der Waals surface area contributed by atoms with Gasteiger partial charge in [0.05, 0.1) is 4.47 Å². The number of nitrogens with zero attached hydrogens (tertiary/aromatic N) is 2. The minimum atomic E-state index is -0.215. The number of anilines is 1. The molecule has 3 nitrogen and oxygen atoms in total. The third-order valence-electron chi connectivity index (χ3n) is 3.04. The third kappa shape index (κ3) is 2.38. The second-order valence-electron chi connectivity index (χ2n) is 4.63. The highest BCUT2D eigenvalue weighted by Gasteiger charge is 2.26. The van der Waals surface area contributed by atoms with Gasteiger partial charge in [-0.1, -0.05) is 30.3 Å². The van der Waals surface area contributed by atoms with E-state index in [1.165, 1.54) is 5.56 Å². The van der Waals surface area contributed by atoms with E-state index < -0.39 is 0 Å². The molecule has 0 atom stereocenters. The smallest absolute Gasteiger partial charge is 0.143 e. The summed E-state index contributed by atoms with van der Waals surface area (Å²) >= 11 is 3.43. The molecule has 1 aromatic carbocycles. The first-order valence-electron chi connectivity index (χ1n) is 5.82. The maximum Gasteiger partial charge on any atom is 0.143 e. The quantitative estimate of drug-likeness (QED) is 0.941. The molecule has 0 unspecified atom stereocenters. The van der Waals surface area contributed by atoms with Gasteiger partial charge in [-0.15, -0.1) is 0 Å². The van der Waals surface area contributed by atoms with Gasteiger partial charge >= 0.3 is 0 Å². The van der Waals surface area contributed by atoms with Crippen molar-refractivity contribution < 1.29 is 0 Å². The summed E-state index contributed by atoms with van der Waals surface area (Å²) in [6.45, 7) is 4.26. The van der Waals surface area contributed by atoms with Gasteiger partial charge < -0.3 is 5.32 Å². The fourth-order valence-electron chi connectivity index (χ4n) is 1.83. The lowest BCUT2D eigenvalue weighted by atomic mass is 9.84. The molecule has 1 heterocycles. The molecule has 0 spiro atoms. The van der Waals surface area contributed by atoms with Crippen LogP contribution in [0.3, 0.4) is 0 Å². The van der Waals surface area contributed by atoms with Crippen LogP contribution in [0.5, 0.6) is 0 Å². The predicted octanol–water partition coefficient (Wildman–Crippen LogP) is 3.61. The lowest BCUT2D eigenvalue weighted by molar-refractivity contribution is 0.590. The SMILES string of the molecule is CNc1nc(C(C)(C)c2ccccc2)ncc1Br. The number of aromatic nitrogens is 2. The van der Waals surface area contributed by atoms with E-state index >= 15 is 0 Å². The molecule has 0 bridgehead atoms. The average molecular weight is 306 g/mol. The summed E-state index contributed by atoms with van der Waals surface area (Å²) < 4.78 is 0.873. The molecule has 1 N–H and O–H groups in total. The largest absolute Gasteiger partial charge is 0.372 e. The van der Waals surface area contributed by atoms with Crippen molar-refractivity contribution in [1.82, 2.24) is 9.97 Å². The van der Waals surface area contributed by atoms with Crippen LogP contribution in [0.25, 0.3) is 0 Å². The van der Waals surface area contributed by atoms with Crippen molar-refractivity contribution in [3.8, 4) is 0 Å². The van der Waals surface area contributed by atoms with Crippen LogP contribution in [0.1, 0.15) is 25.2 Å². The molecular formula is C14H16BrN3. The molecule has 18 heavy (non-hydrogen) atoms. The van der Waals surface area contributed by atoms with E-state index in [0.29, 0.717) is 0 Å². The second kappa shape index (κ2) is 5.06. The molecule has 0 saturated heterocycles. The van der Waals surface area contributed by atoms with Gasteiger partial charge in [-0.25, -0.2) is 9.97 Å². The van der Waals surface area contributed by atoms with Crippen LogP contribution in [0, 0.1) is 0 Å². The van der Waals surface area contributed by atoms with Gasteiger partial charge in [0.2, 0.25) is 0 Å². The summed E-state index contributed by atoms with van der Waals surface area (Å²) in [6.07, 6.45) is 1.79. The predicted molar refractivity (Wildman–Crippen MR) is 77.8 cm³/mol. The van der Waals surface area contributed by atoms with E-state index in [2.05, 4.69) is 57.2 Å². The van der Waals surface area contributed by atoms with Crippen molar-refractivity contribution >= 4 is 21.7 Å². The van der Waals surface area contributed by atoms with E-state index in [1.807, 2.05) is 25.2 Å². The van der Waals surface area contributed by atoms with Gasteiger partial charge in [0.1, 0.15) is 11.6 Å². The monoisotopic (exact) mass is 305 g/mol. The van der Waals surface area contributed by atoms with Crippen molar-refractivity contribution in [2.45, 2.75) is 19.3 Å².